The minimum atomic E-state index is -1.75. The summed E-state index contributed by atoms with van der Waals surface area (Å²) in [6.07, 6.45) is 0. The van der Waals surface area contributed by atoms with E-state index < -0.39 is 25.4 Å². The van der Waals surface area contributed by atoms with E-state index in [9.17, 15) is 0 Å². The van der Waals surface area contributed by atoms with E-state index in [4.69, 9.17) is 76.6 Å². The molecular weight excluding hydrogens is 537 g/mol. The fourth-order valence-corrected chi connectivity index (χ4v) is 0. The molecule has 0 atom stereocenters. The molecule has 0 saturated carbocycles. The van der Waals surface area contributed by atoms with Gasteiger partial charge in [-0.1, -0.05) is 0 Å². The van der Waals surface area contributed by atoms with Crippen LogP contribution in [0.5, 0.6) is 0 Å². The molecule has 120 valence electrons. The van der Waals surface area contributed by atoms with E-state index in [1.165, 1.54) is 0 Å². The van der Waals surface area contributed by atoms with Crippen molar-refractivity contribution < 1.29 is 61.0 Å². The minimum absolute atomic E-state index is 0. The second kappa shape index (κ2) is 36.7. The van der Waals surface area contributed by atoms with Crippen LogP contribution in [0.25, 0.3) is 0 Å². The molecule has 0 aliphatic carbocycles. The molecule has 0 aliphatic rings. The molecule has 20 nitrogen and oxygen atoms in total. The van der Waals surface area contributed by atoms with Gasteiger partial charge in [0.15, 0.2) is 0 Å². The predicted octanol–water partition coefficient (Wildman–Crippen LogP) is -1.58. The monoisotopic (exact) mass is 537 g/mol. The van der Waals surface area contributed by atoms with Crippen molar-refractivity contribution in [3.63, 3.8) is 0 Å². The number of nitrogens with zero attached hydrogens (tertiary/aromatic N) is 5. The Morgan fingerprint density at radius 1 is 0.364 bits per heavy atom. The van der Waals surface area contributed by atoms with Crippen molar-refractivity contribution in [2.24, 2.45) is 0 Å². The standard InChI is InChI=1S/La.5NO3.Sr/c;5*2-1(3)4;/q+3;5*-1;+2. The molecule has 0 aromatic carbocycles. The summed E-state index contributed by atoms with van der Waals surface area (Å²) in [5.41, 5.74) is 0. The van der Waals surface area contributed by atoms with Gasteiger partial charge in [0.25, 0.3) is 0 Å². The topological polar surface area (TPSA) is 331 Å². The van der Waals surface area contributed by atoms with Crippen LogP contribution >= 0.6 is 0 Å². The number of hydrogen-bond acceptors (Lipinski definition) is 15. The van der Waals surface area contributed by atoms with Crippen LogP contribution in [0.2, 0.25) is 0 Å². The maximum Gasteiger partial charge on any atom is 3.00 e. The summed E-state index contributed by atoms with van der Waals surface area (Å²) in [5.74, 6) is 0. The maximum atomic E-state index is 8.25. The summed E-state index contributed by atoms with van der Waals surface area (Å²) in [4.78, 5) is 41.2. The van der Waals surface area contributed by atoms with Crippen molar-refractivity contribution >= 4 is 45.5 Å². The summed E-state index contributed by atoms with van der Waals surface area (Å²) in [6.45, 7) is 0. The smallest absolute Gasteiger partial charge is 0.356 e. The Bertz CT molecular complexity index is 213. The van der Waals surface area contributed by atoms with E-state index in [1.807, 2.05) is 0 Å². The summed E-state index contributed by atoms with van der Waals surface area (Å²) < 4.78 is 0. The van der Waals surface area contributed by atoms with Crippen molar-refractivity contribution in [1.29, 1.82) is 0 Å². The van der Waals surface area contributed by atoms with Gasteiger partial charge in [-0.2, -0.15) is 0 Å². The Balaban J connectivity index is -0.0000000250. The fraction of sp³-hybridized carbons (Fsp3) is 0. The zero-order chi connectivity index (χ0) is 17.9. The molecule has 0 unspecified atom stereocenters. The first kappa shape index (κ1) is 42.8. The zero-order valence-electron chi connectivity index (χ0n) is 9.64. The summed E-state index contributed by atoms with van der Waals surface area (Å²) >= 11 is 0. The quantitative estimate of drug-likeness (QED) is 0.191. The van der Waals surface area contributed by atoms with Gasteiger partial charge in [0.1, 0.15) is 0 Å². The van der Waals surface area contributed by atoms with E-state index in [-0.39, 0.29) is 81.1 Å². The first-order valence-corrected chi connectivity index (χ1v) is 2.74. The summed E-state index contributed by atoms with van der Waals surface area (Å²) in [7, 11) is 0. The first-order valence-electron chi connectivity index (χ1n) is 2.74. The third-order valence-corrected chi connectivity index (χ3v) is 0. The van der Waals surface area contributed by atoms with Gasteiger partial charge in [0.05, 0.1) is 25.4 Å². The summed E-state index contributed by atoms with van der Waals surface area (Å²) in [5, 5.41) is 73.8. The molecule has 0 aromatic rings. The van der Waals surface area contributed by atoms with Gasteiger partial charge in [-0.15, -0.1) is 0 Å². The van der Waals surface area contributed by atoms with Gasteiger partial charge < -0.3 is 76.6 Å². The van der Waals surface area contributed by atoms with Crippen molar-refractivity contribution in [2.45, 2.75) is 0 Å². The third kappa shape index (κ3) is 3320. The van der Waals surface area contributed by atoms with Crippen LogP contribution < -0.4 is 0 Å². The van der Waals surface area contributed by atoms with E-state index in [2.05, 4.69) is 0 Å². The average Bonchev–Trinajstić information content (AvgIpc) is 1.94. The van der Waals surface area contributed by atoms with Crippen LogP contribution in [0.15, 0.2) is 0 Å². The number of rotatable bonds is 0. The molecular formula is LaN5O15Sr. The molecule has 0 aromatic heterocycles. The number of hydrogen-bond donors (Lipinski definition) is 0. The van der Waals surface area contributed by atoms with E-state index >= 15 is 0 Å². The van der Waals surface area contributed by atoms with Crippen LogP contribution in [0, 0.1) is 112 Å². The van der Waals surface area contributed by atoms with Crippen LogP contribution in [0.3, 0.4) is 0 Å². The van der Waals surface area contributed by atoms with Crippen LogP contribution in [-0.4, -0.2) is 70.9 Å². The third-order valence-electron chi connectivity index (χ3n) is 0. The largest absolute Gasteiger partial charge is 3.00 e. The fourth-order valence-electron chi connectivity index (χ4n) is 0. The molecule has 0 radical (unpaired) electrons. The van der Waals surface area contributed by atoms with Gasteiger partial charge in [-0.3, -0.25) is 0 Å². The Morgan fingerprint density at radius 3 is 0.364 bits per heavy atom. The van der Waals surface area contributed by atoms with E-state index in [0.717, 1.165) is 0 Å². The van der Waals surface area contributed by atoms with Gasteiger partial charge in [0.2, 0.25) is 0 Å². The molecule has 0 aliphatic heterocycles. The van der Waals surface area contributed by atoms with Gasteiger partial charge >= 0.3 is 81.1 Å². The second-order valence-corrected chi connectivity index (χ2v) is 1.12. The molecule has 0 heterocycles. The first-order chi connectivity index (χ1) is 8.66. The van der Waals surface area contributed by atoms with Crippen LogP contribution in [0.4, 0.5) is 0 Å². The van der Waals surface area contributed by atoms with Crippen LogP contribution in [-0.2, 0) is 0 Å². The molecule has 0 fully saturated rings. The van der Waals surface area contributed by atoms with Crippen molar-refractivity contribution in [1.82, 2.24) is 0 Å². The predicted molar refractivity (Wildman–Crippen MR) is 57.6 cm³/mol. The molecule has 0 bridgehead atoms. The average molecular weight is 537 g/mol. The van der Waals surface area contributed by atoms with Gasteiger partial charge in [0, 0.05) is 0 Å². The zero-order valence-corrected chi connectivity index (χ0v) is 16.7. The van der Waals surface area contributed by atoms with E-state index in [0.29, 0.717) is 0 Å². The maximum absolute atomic E-state index is 8.25. The van der Waals surface area contributed by atoms with Crippen LogP contribution in [0.1, 0.15) is 0 Å². The molecule has 0 amide bonds. The Morgan fingerprint density at radius 2 is 0.364 bits per heavy atom. The van der Waals surface area contributed by atoms with Gasteiger partial charge in [-0.05, 0) is 0 Å². The molecule has 0 N–H and O–H groups in total. The van der Waals surface area contributed by atoms with Gasteiger partial charge in [-0.25, -0.2) is 0 Å². The Kier molecular flexibility index (Phi) is 71.4. The van der Waals surface area contributed by atoms with Crippen molar-refractivity contribution in [3.05, 3.63) is 76.6 Å². The Hall–Kier alpha value is -1.32. The SMILES string of the molecule is O=[N+]([O-])[O-].O=[N+]([O-])[O-].O=[N+]([O-])[O-].O=[N+]([O-])[O-].O=[N+]([O-])[O-].[La+3].[Sr+2]. The molecule has 0 saturated heterocycles. The molecule has 0 spiro atoms. The van der Waals surface area contributed by atoms with Crippen molar-refractivity contribution in [3.8, 4) is 0 Å². The second-order valence-electron chi connectivity index (χ2n) is 1.12. The molecule has 0 rings (SSSR count). The summed E-state index contributed by atoms with van der Waals surface area (Å²) in [6, 6.07) is 0. The molecule has 22 heteroatoms. The molecule has 22 heavy (non-hydrogen) atoms. The Labute approximate surface area is 181 Å². The minimum Gasteiger partial charge on any atom is -0.356 e. The van der Waals surface area contributed by atoms with E-state index in [1.54, 1.807) is 0 Å². The normalized spacial score (nSPS) is 5.45. The van der Waals surface area contributed by atoms with Crippen molar-refractivity contribution in [2.75, 3.05) is 0 Å².